The van der Waals surface area contributed by atoms with E-state index in [-0.39, 0.29) is 17.8 Å². The number of hydrogen-bond donors (Lipinski definition) is 1. The third-order valence-electron chi connectivity index (χ3n) is 5.44. The maximum atomic E-state index is 13.4. The predicted octanol–water partition coefficient (Wildman–Crippen LogP) is 4.32. The van der Waals surface area contributed by atoms with E-state index in [1.165, 1.54) is 12.1 Å². The molecule has 0 radical (unpaired) electrons. The molecule has 166 valence electrons. The fraction of sp³-hybridized carbons (Fsp3) is 0.280. The van der Waals surface area contributed by atoms with E-state index in [0.29, 0.717) is 25.3 Å². The minimum Gasteiger partial charge on any atom is -0.379 e. The van der Waals surface area contributed by atoms with Crippen molar-refractivity contribution in [2.45, 2.75) is 16.7 Å². The van der Waals surface area contributed by atoms with Crippen LogP contribution in [0.3, 0.4) is 0 Å². The van der Waals surface area contributed by atoms with E-state index in [2.05, 4.69) is 15.2 Å². The van der Waals surface area contributed by atoms with Crippen molar-refractivity contribution in [3.05, 3.63) is 95.6 Å². The third kappa shape index (κ3) is 6.16. The number of rotatable bonds is 8. The van der Waals surface area contributed by atoms with Crippen LogP contribution in [-0.4, -0.2) is 48.6 Å². The molecule has 3 aromatic rings. The molecule has 1 atom stereocenters. The Morgan fingerprint density at radius 3 is 2.53 bits per heavy atom. The van der Waals surface area contributed by atoms with E-state index < -0.39 is 0 Å². The van der Waals surface area contributed by atoms with E-state index in [9.17, 15) is 9.18 Å². The molecular weight excluding hydrogens is 425 g/mol. The Balaban J connectivity index is 1.36. The second-order valence-electron chi connectivity index (χ2n) is 7.60. The first-order chi connectivity index (χ1) is 15.7. The average Bonchev–Trinajstić information content (AvgIpc) is 2.85. The fourth-order valence-corrected chi connectivity index (χ4v) is 4.51. The summed E-state index contributed by atoms with van der Waals surface area (Å²) >= 11 is 1.71. The lowest BCUT2D eigenvalue weighted by molar-refractivity contribution is 0.0162. The van der Waals surface area contributed by atoms with Crippen LogP contribution in [0, 0.1) is 5.82 Å². The number of amides is 1. The molecule has 0 saturated carbocycles. The van der Waals surface area contributed by atoms with E-state index in [0.717, 1.165) is 34.9 Å². The van der Waals surface area contributed by atoms with Gasteiger partial charge in [0.25, 0.3) is 5.91 Å². The molecular formula is C25H26FN3O2S. The minimum absolute atomic E-state index is 0.0299. The summed E-state index contributed by atoms with van der Waals surface area (Å²) in [4.78, 5) is 20.3. The normalized spacial score (nSPS) is 15.3. The molecule has 0 bridgehead atoms. The van der Waals surface area contributed by atoms with Crippen LogP contribution < -0.4 is 5.32 Å². The summed E-state index contributed by atoms with van der Waals surface area (Å²) < 4.78 is 18.9. The summed E-state index contributed by atoms with van der Waals surface area (Å²) in [6.07, 6.45) is 3.63. The smallest absolute Gasteiger partial charge is 0.251 e. The first kappa shape index (κ1) is 22.5. The lowest BCUT2D eigenvalue weighted by Gasteiger charge is -2.35. The largest absolute Gasteiger partial charge is 0.379 e. The van der Waals surface area contributed by atoms with Crippen molar-refractivity contribution >= 4 is 17.7 Å². The number of carbonyl (C=O) groups excluding carboxylic acids is 1. The summed E-state index contributed by atoms with van der Waals surface area (Å²) in [6, 6.07) is 18.1. The Labute approximate surface area is 192 Å². The van der Waals surface area contributed by atoms with Crippen LogP contribution in [0.5, 0.6) is 0 Å². The van der Waals surface area contributed by atoms with E-state index in [1.807, 2.05) is 42.6 Å². The van der Waals surface area contributed by atoms with Crippen molar-refractivity contribution in [3.63, 3.8) is 0 Å². The third-order valence-corrected chi connectivity index (χ3v) is 6.53. The molecule has 1 aliphatic heterocycles. The highest BCUT2D eigenvalue weighted by molar-refractivity contribution is 7.98. The number of aromatic nitrogens is 1. The van der Waals surface area contributed by atoms with Crippen molar-refractivity contribution < 1.29 is 13.9 Å². The number of halogens is 1. The van der Waals surface area contributed by atoms with Gasteiger partial charge >= 0.3 is 0 Å². The average molecular weight is 452 g/mol. The Hall–Kier alpha value is -2.74. The minimum atomic E-state index is -0.264. The second-order valence-corrected chi connectivity index (χ2v) is 8.65. The number of nitrogens with one attached hydrogen (secondary N) is 1. The molecule has 1 aromatic heterocycles. The topological polar surface area (TPSA) is 54.5 Å². The zero-order valence-corrected chi connectivity index (χ0v) is 18.6. The summed E-state index contributed by atoms with van der Waals surface area (Å²) in [5.41, 5.74) is 2.76. The second kappa shape index (κ2) is 11.2. The fourth-order valence-electron chi connectivity index (χ4n) is 3.68. The Morgan fingerprint density at radius 2 is 1.84 bits per heavy atom. The molecule has 0 aliphatic carbocycles. The van der Waals surface area contributed by atoms with Crippen molar-refractivity contribution in [2.24, 2.45) is 0 Å². The van der Waals surface area contributed by atoms with Crippen LogP contribution in [0.15, 0.2) is 78.0 Å². The molecule has 1 amide bonds. The molecule has 5 nitrogen and oxygen atoms in total. The highest BCUT2D eigenvalue weighted by Crippen LogP contribution is 2.24. The first-order valence-corrected chi connectivity index (χ1v) is 11.6. The number of benzene rings is 2. The SMILES string of the molecule is O=C(NCC(c1ccc(F)cc1)N1CCOCC1)c1ccc(SCc2cccnc2)cc1. The molecule has 32 heavy (non-hydrogen) atoms. The van der Waals surface area contributed by atoms with E-state index >= 15 is 0 Å². The van der Waals surface area contributed by atoms with Gasteiger partial charge in [0.2, 0.25) is 0 Å². The lowest BCUT2D eigenvalue weighted by atomic mass is 10.0. The number of pyridine rings is 1. The number of ether oxygens (including phenoxy) is 1. The molecule has 1 N–H and O–H groups in total. The van der Waals surface area contributed by atoms with Crippen LogP contribution >= 0.6 is 11.8 Å². The van der Waals surface area contributed by atoms with Gasteiger partial charge in [0, 0.05) is 48.2 Å². The monoisotopic (exact) mass is 451 g/mol. The Morgan fingerprint density at radius 1 is 1.09 bits per heavy atom. The quantitative estimate of drug-likeness (QED) is 0.517. The summed E-state index contributed by atoms with van der Waals surface area (Å²) in [5, 5.41) is 3.06. The predicted molar refractivity (Wildman–Crippen MR) is 124 cm³/mol. The molecule has 7 heteroatoms. The van der Waals surface area contributed by atoms with E-state index in [4.69, 9.17) is 4.74 Å². The maximum Gasteiger partial charge on any atom is 0.251 e. The zero-order chi connectivity index (χ0) is 22.2. The van der Waals surface area contributed by atoms with Crippen LogP contribution in [0.25, 0.3) is 0 Å². The highest BCUT2D eigenvalue weighted by atomic mass is 32.2. The van der Waals surface area contributed by atoms with Gasteiger partial charge < -0.3 is 10.1 Å². The zero-order valence-electron chi connectivity index (χ0n) is 17.7. The van der Waals surface area contributed by atoms with Gasteiger partial charge in [-0.15, -0.1) is 11.8 Å². The van der Waals surface area contributed by atoms with Crippen molar-refractivity contribution in [1.29, 1.82) is 0 Å². The van der Waals surface area contributed by atoms with Crippen molar-refractivity contribution in [1.82, 2.24) is 15.2 Å². The van der Waals surface area contributed by atoms with Crippen LogP contribution in [0.1, 0.15) is 27.5 Å². The molecule has 1 saturated heterocycles. The molecule has 2 aromatic carbocycles. The molecule has 1 unspecified atom stereocenters. The standard InChI is InChI=1S/C25H26FN3O2S/c26-22-7-3-20(4-8-22)24(29-12-14-31-15-13-29)17-28-25(30)21-5-9-23(10-6-21)32-18-19-2-1-11-27-16-19/h1-11,16,24H,12-15,17-18H2,(H,28,30). The number of carbonyl (C=O) groups is 1. The Kier molecular flexibility index (Phi) is 7.87. The van der Waals surface area contributed by atoms with E-state index in [1.54, 1.807) is 30.1 Å². The molecule has 0 spiro atoms. The number of nitrogens with zero attached hydrogens (tertiary/aromatic N) is 2. The van der Waals surface area contributed by atoms with Crippen LogP contribution in [0.2, 0.25) is 0 Å². The van der Waals surface area contributed by atoms with Gasteiger partial charge in [-0.25, -0.2) is 4.39 Å². The van der Waals surface area contributed by atoms with Crippen molar-refractivity contribution in [3.8, 4) is 0 Å². The number of morpholine rings is 1. The van der Waals surface area contributed by atoms with Crippen molar-refractivity contribution in [2.75, 3.05) is 32.8 Å². The van der Waals surface area contributed by atoms with Gasteiger partial charge in [-0.3, -0.25) is 14.7 Å². The summed E-state index contributed by atoms with van der Waals surface area (Å²) in [6.45, 7) is 3.32. The van der Waals surface area contributed by atoms with Gasteiger partial charge in [-0.05, 0) is 53.6 Å². The Bertz CT molecular complexity index is 994. The van der Waals surface area contributed by atoms with Gasteiger partial charge in [-0.2, -0.15) is 0 Å². The van der Waals surface area contributed by atoms with Gasteiger partial charge in [0.1, 0.15) is 5.82 Å². The van der Waals surface area contributed by atoms with Crippen LogP contribution in [0.4, 0.5) is 4.39 Å². The van der Waals surface area contributed by atoms with Gasteiger partial charge in [0.15, 0.2) is 0 Å². The molecule has 2 heterocycles. The number of thioether (sulfide) groups is 1. The van der Waals surface area contributed by atoms with Gasteiger partial charge in [-0.1, -0.05) is 18.2 Å². The first-order valence-electron chi connectivity index (χ1n) is 10.7. The van der Waals surface area contributed by atoms with Crippen LogP contribution in [-0.2, 0) is 10.5 Å². The molecule has 4 rings (SSSR count). The summed E-state index contributed by atoms with van der Waals surface area (Å²) in [5.74, 6) is 0.451. The molecule has 1 aliphatic rings. The number of hydrogen-bond acceptors (Lipinski definition) is 5. The van der Waals surface area contributed by atoms with Gasteiger partial charge in [0.05, 0.1) is 19.3 Å². The lowest BCUT2D eigenvalue weighted by Crippen LogP contribution is -2.43. The highest BCUT2D eigenvalue weighted by Gasteiger charge is 2.23. The maximum absolute atomic E-state index is 13.4. The molecule has 1 fully saturated rings. The summed E-state index contributed by atoms with van der Waals surface area (Å²) in [7, 11) is 0.